The van der Waals surface area contributed by atoms with Crippen molar-refractivity contribution in [2.45, 2.75) is 6.04 Å². The minimum Gasteiger partial charge on any atom is -0.506 e. The van der Waals surface area contributed by atoms with Gasteiger partial charge in [-0.05, 0) is 28.1 Å². The average Bonchev–Trinajstić information content (AvgIpc) is 2.21. The van der Waals surface area contributed by atoms with Crippen LogP contribution < -0.4 is 5.73 Å². The number of rotatable bonds is 2. The van der Waals surface area contributed by atoms with Gasteiger partial charge in [0.15, 0.2) is 0 Å². The third kappa shape index (κ3) is 3.35. The molecular weight excluding hydrogens is 365 g/mol. The Bertz CT molecular complexity index is 401. The first-order valence-electron chi connectivity index (χ1n) is 3.98. The second-order valence-electron chi connectivity index (χ2n) is 2.83. The van der Waals surface area contributed by atoms with Crippen LogP contribution in [0.3, 0.4) is 0 Å². The third-order valence-electron chi connectivity index (χ3n) is 1.85. The Hall–Kier alpha value is -0.300. The maximum Gasteiger partial charge on any atom is 0.327 e. The molecule has 0 aliphatic heterocycles. The summed E-state index contributed by atoms with van der Waals surface area (Å²) >= 11 is 6.39. The van der Waals surface area contributed by atoms with E-state index in [1.165, 1.54) is 7.11 Å². The predicted molar refractivity (Wildman–Crippen MR) is 69.7 cm³/mol. The summed E-state index contributed by atoms with van der Waals surface area (Å²) in [6.45, 7) is 0. The van der Waals surface area contributed by atoms with Crippen LogP contribution in [0.2, 0.25) is 0 Å². The summed E-state index contributed by atoms with van der Waals surface area (Å²) in [6.07, 6.45) is 0. The normalized spacial score (nSPS) is 11.5. The van der Waals surface area contributed by atoms with Crippen LogP contribution in [-0.2, 0) is 9.53 Å². The zero-order chi connectivity index (χ0) is 11.6. The molecule has 1 aromatic carbocycles. The Morgan fingerprint density at radius 3 is 2.56 bits per heavy atom. The molecule has 0 unspecified atom stereocenters. The molecule has 90 valence electrons. The van der Waals surface area contributed by atoms with Gasteiger partial charge in [-0.25, -0.2) is 0 Å². The average molecular weight is 375 g/mol. The molecule has 0 amide bonds. The highest BCUT2D eigenvalue weighted by Gasteiger charge is 2.21. The van der Waals surface area contributed by atoms with Gasteiger partial charge in [-0.15, -0.1) is 12.4 Å². The molecule has 1 rings (SSSR count). The molecule has 1 aromatic rings. The van der Waals surface area contributed by atoms with Crippen LogP contribution in [0.15, 0.2) is 21.1 Å². The Morgan fingerprint density at radius 2 is 2.06 bits per heavy atom. The van der Waals surface area contributed by atoms with E-state index in [9.17, 15) is 9.90 Å². The number of aromatic hydroxyl groups is 1. The molecule has 0 saturated carbocycles. The van der Waals surface area contributed by atoms with Gasteiger partial charge in [-0.1, -0.05) is 15.9 Å². The van der Waals surface area contributed by atoms with Crippen molar-refractivity contribution in [1.29, 1.82) is 0 Å². The van der Waals surface area contributed by atoms with Crippen molar-refractivity contribution in [3.05, 3.63) is 26.6 Å². The zero-order valence-corrected chi connectivity index (χ0v) is 12.2. The van der Waals surface area contributed by atoms with Gasteiger partial charge >= 0.3 is 5.97 Å². The van der Waals surface area contributed by atoms with Gasteiger partial charge in [0.05, 0.1) is 11.6 Å². The molecule has 4 nitrogen and oxygen atoms in total. The first kappa shape index (κ1) is 15.7. The molecule has 3 N–H and O–H groups in total. The van der Waals surface area contributed by atoms with E-state index in [2.05, 4.69) is 36.6 Å². The van der Waals surface area contributed by atoms with Crippen molar-refractivity contribution < 1.29 is 14.6 Å². The summed E-state index contributed by atoms with van der Waals surface area (Å²) < 4.78 is 5.67. The highest BCUT2D eigenvalue weighted by Crippen LogP contribution is 2.34. The number of nitrogens with two attached hydrogens (primary N) is 1. The molecule has 1 atom stereocenters. The van der Waals surface area contributed by atoms with E-state index in [0.29, 0.717) is 14.5 Å². The van der Waals surface area contributed by atoms with Gasteiger partial charge in [0.25, 0.3) is 0 Å². The Labute approximate surface area is 116 Å². The lowest BCUT2D eigenvalue weighted by Gasteiger charge is -2.12. The lowest BCUT2D eigenvalue weighted by Crippen LogP contribution is -2.22. The second kappa shape index (κ2) is 6.44. The van der Waals surface area contributed by atoms with Crippen LogP contribution in [0.25, 0.3) is 0 Å². The van der Waals surface area contributed by atoms with E-state index < -0.39 is 12.0 Å². The first-order valence-corrected chi connectivity index (χ1v) is 5.57. The van der Waals surface area contributed by atoms with Crippen molar-refractivity contribution in [3.8, 4) is 5.75 Å². The molecule has 16 heavy (non-hydrogen) atoms. The molecule has 0 aliphatic rings. The van der Waals surface area contributed by atoms with Gasteiger partial charge in [-0.2, -0.15) is 0 Å². The van der Waals surface area contributed by atoms with E-state index in [0.717, 1.165) is 0 Å². The second-order valence-corrected chi connectivity index (χ2v) is 4.60. The SMILES string of the molecule is COC(=O)[C@@H](N)c1cc(Br)cc(Br)c1O.Cl. The number of benzene rings is 1. The van der Waals surface area contributed by atoms with E-state index in [1.807, 2.05) is 0 Å². The highest BCUT2D eigenvalue weighted by molar-refractivity contribution is 9.11. The van der Waals surface area contributed by atoms with E-state index >= 15 is 0 Å². The van der Waals surface area contributed by atoms with Crippen molar-refractivity contribution in [2.75, 3.05) is 7.11 Å². The Morgan fingerprint density at radius 1 is 1.50 bits per heavy atom. The lowest BCUT2D eigenvalue weighted by molar-refractivity contribution is -0.142. The number of phenolic OH excluding ortho intramolecular Hbond substituents is 1. The van der Waals surface area contributed by atoms with E-state index in [4.69, 9.17) is 5.73 Å². The van der Waals surface area contributed by atoms with Crippen LogP contribution >= 0.6 is 44.3 Å². The number of phenols is 1. The summed E-state index contributed by atoms with van der Waals surface area (Å²) in [5.74, 6) is -0.661. The fourth-order valence-electron chi connectivity index (χ4n) is 1.08. The van der Waals surface area contributed by atoms with Crippen molar-refractivity contribution >= 4 is 50.2 Å². The number of esters is 1. The standard InChI is InChI=1S/C9H9Br2NO3.ClH/c1-15-9(14)7(12)5-2-4(10)3-6(11)8(5)13;/h2-3,7,13H,12H2,1H3;1H/t7-;/m0./s1. The molecule has 0 radical (unpaired) electrons. The Kier molecular flexibility index (Phi) is 6.32. The number of halogens is 3. The zero-order valence-electron chi connectivity index (χ0n) is 8.24. The molecule has 0 aliphatic carbocycles. The molecule has 0 aromatic heterocycles. The summed E-state index contributed by atoms with van der Waals surface area (Å²) in [5, 5.41) is 9.68. The van der Waals surface area contributed by atoms with Gasteiger partial charge in [0.1, 0.15) is 11.8 Å². The van der Waals surface area contributed by atoms with Gasteiger partial charge in [0.2, 0.25) is 0 Å². The van der Waals surface area contributed by atoms with Crippen LogP contribution in [0.4, 0.5) is 0 Å². The van der Waals surface area contributed by atoms with Crippen LogP contribution in [0.5, 0.6) is 5.75 Å². The summed E-state index contributed by atoms with van der Waals surface area (Å²) in [4.78, 5) is 11.2. The fourth-order valence-corrected chi connectivity index (χ4v) is 2.34. The molecule has 0 heterocycles. The lowest BCUT2D eigenvalue weighted by atomic mass is 10.1. The number of ether oxygens (including phenoxy) is 1. The number of carbonyl (C=O) groups excluding carboxylic acids is 1. The van der Waals surface area contributed by atoms with Crippen LogP contribution in [0, 0.1) is 0 Å². The van der Waals surface area contributed by atoms with E-state index in [-0.39, 0.29) is 18.2 Å². The quantitative estimate of drug-likeness (QED) is 0.779. The highest BCUT2D eigenvalue weighted by atomic mass is 79.9. The van der Waals surface area contributed by atoms with Crippen molar-refractivity contribution in [2.24, 2.45) is 5.73 Å². The van der Waals surface area contributed by atoms with E-state index in [1.54, 1.807) is 12.1 Å². The predicted octanol–water partition coefficient (Wildman–Crippen LogP) is 2.51. The first-order chi connectivity index (χ1) is 6.97. The monoisotopic (exact) mass is 373 g/mol. The number of hydrogen-bond acceptors (Lipinski definition) is 4. The molecule has 0 fully saturated rings. The minimum absolute atomic E-state index is 0. The summed E-state index contributed by atoms with van der Waals surface area (Å²) in [6, 6.07) is 2.23. The summed E-state index contributed by atoms with van der Waals surface area (Å²) in [5.41, 5.74) is 5.92. The third-order valence-corrected chi connectivity index (χ3v) is 2.91. The topological polar surface area (TPSA) is 72.5 Å². The molecule has 7 heteroatoms. The maximum atomic E-state index is 11.2. The molecular formula is C9H10Br2ClNO3. The van der Waals surface area contributed by atoms with Gasteiger partial charge in [0, 0.05) is 10.0 Å². The van der Waals surface area contributed by atoms with Crippen LogP contribution in [-0.4, -0.2) is 18.2 Å². The molecule has 0 spiro atoms. The van der Waals surface area contributed by atoms with Gasteiger partial charge in [-0.3, -0.25) is 4.79 Å². The number of carbonyl (C=O) groups is 1. The van der Waals surface area contributed by atoms with Crippen molar-refractivity contribution in [3.63, 3.8) is 0 Å². The Balaban J connectivity index is 0.00000225. The van der Waals surface area contributed by atoms with Crippen molar-refractivity contribution in [1.82, 2.24) is 0 Å². The molecule has 0 bridgehead atoms. The maximum absolute atomic E-state index is 11.2. The number of hydrogen-bond donors (Lipinski definition) is 2. The fraction of sp³-hybridized carbons (Fsp3) is 0.222. The minimum atomic E-state index is -0.996. The van der Waals surface area contributed by atoms with Gasteiger partial charge < -0.3 is 15.6 Å². The number of methoxy groups -OCH3 is 1. The largest absolute Gasteiger partial charge is 0.506 e. The van der Waals surface area contributed by atoms with Crippen LogP contribution in [0.1, 0.15) is 11.6 Å². The molecule has 0 saturated heterocycles. The summed E-state index contributed by atoms with van der Waals surface area (Å²) in [7, 11) is 1.24. The smallest absolute Gasteiger partial charge is 0.327 e.